The summed E-state index contributed by atoms with van der Waals surface area (Å²) in [6.45, 7) is 21.3. The number of nitrogens with two attached hydrogens (primary N) is 1. The average molecular weight is 290 g/mol. The van der Waals surface area contributed by atoms with Gasteiger partial charge in [0.15, 0.2) is 0 Å². The van der Waals surface area contributed by atoms with E-state index in [-0.39, 0.29) is 22.5 Å². The fraction of sp³-hybridized carbons (Fsp3) is 0.882. The van der Waals surface area contributed by atoms with E-state index in [1.807, 2.05) is 69.2 Å². The van der Waals surface area contributed by atoms with E-state index in [4.69, 9.17) is 5.73 Å². The third-order valence-electron chi connectivity index (χ3n) is 2.53. The van der Waals surface area contributed by atoms with Gasteiger partial charge in [-0.15, -0.1) is 0 Å². The Labute approximate surface area is 127 Å². The number of ketones is 1. The van der Waals surface area contributed by atoms with Gasteiger partial charge < -0.3 is 5.73 Å². The number of rotatable bonds is 5. The summed E-state index contributed by atoms with van der Waals surface area (Å²) in [5.41, 5.74) is 4.57. The van der Waals surface area contributed by atoms with Crippen LogP contribution >= 0.6 is 0 Å². The number of hydrogen-bond donors (Lipinski definition) is 1. The zero-order chi connectivity index (χ0) is 17.6. The number of Topliss-reactive ketones (excluding diaryl/α,β-unsaturated/α-hetero) is 1. The van der Waals surface area contributed by atoms with Crippen LogP contribution in [0.4, 0.5) is 0 Å². The Hall–Kier alpha value is -0.860. The highest BCUT2D eigenvalue weighted by Crippen LogP contribution is 2.36. The minimum Gasteiger partial charge on any atom is -0.370 e. The number of carbonyl (C=O) groups is 2. The molecule has 0 heterocycles. The van der Waals surface area contributed by atoms with Gasteiger partial charge in [0.25, 0.3) is 0 Å². The van der Waals surface area contributed by atoms with Gasteiger partial charge in [0, 0.05) is 11.8 Å². The van der Waals surface area contributed by atoms with Crippen molar-refractivity contribution in [1.29, 1.82) is 0 Å². The van der Waals surface area contributed by atoms with Crippen molar-refractivity contribution >= 4 is 11.7 Å². The molecule has 124 valence electrons. The molecule has 0 aliphatic rings. The van der Waals surface area contributed by atoms with Crippen LogP contribution in [0.15, 0.2) is 0 Å². The minimum absolute atomic E-state index is 0.148. The second-order valence-corrected chi connectivity index (χ2v) is 5.42. The van der Waals surface area contributed by atoms with E-state index in [9.17, 15) is 9.59 Å². The third kappa shape index (κ3) is 17.1. The summed E-state index contributed by atoms with van der Waals surface area (Å²) < 4.78 is 0. The largest absolute Gasteiger partial charge is 0.370 e. The lowest BCUT2D eigenvalue weighted by molar-refractivity contribution is -0.128. The van der Waals surface area contributed by atoms with Gasteiger partial charge in [-0.05, 0) is 18.8 Å². The lowest BCUT2D eigenvalue weighted by Gasteiger charge is -2.32. The second kappa shape index (κ2) is 14.5. The zero-order valence-electron chi connectivity index (χ0n) is 15.8. The summed E-state index contributed by atoms with van der Waals surface area (Å²) >= 11 is 0. The fourth-order valence-electron chi connectivity index (χ4n) is 1.86. The summed E-state index contributed by atoms with van der Waals surface area (Å²) in [6.07, 6.45) is 1.00. The molecule has 3 nitrogen and oxygen atoms in total. The van der Waals surface area contributed by atoms with Gasteiger partial charge in [-0.25, -0.2) is 0 Å². The molecule has 0 saturated carbocycles. The summed E-state index contributed by atoms with van der Waals surface area (Å²) in [7, 11) is 0. The minimum atomic E-state index is -0.376. The lowest BCUT2D eigenvalue weighted by atomic mass is 9.71. The van der Waals surface area contributed by atoms with Crippen LogP contribution in [0.1, 0.15) is 89.0 Å². The van der Waals surface area contributed by atoms with Crippen LogP contribution in [0.5, 0.6) is 0 Å². The van der Waals surface area contributed by atoms with Gasteiger partial charge >= 0.3 is 0 Å². The van der Waals surface area contributed by atoms with Crippen molar-refractivity contribution in [3.8, 4) is 0 Å². The van der Waals surface area contributed by atoms with Gasteiger partial charge in [0.2, 0.25) is 5.91 Å². The Kier molecular flexibility index (Phi) is 20.0. The molecule has 0 saturated heterocycles. The van der Waals surface area contributed by atoms with Gasteiger partial charge in [-0.3, -0.25) is 9.59 Å². The third-order valence-corrected chi connectivity index (χ3v) is 2.53. The van der Waals surface area contributed by atoms with Crippen molar-refractivity contribution in [1.82, 2.24) is 0 Å². The molecule has 3 heteroatoms. The number of amides is 1. The first-order valence-electron chi connectivity index (χ1n) is 7.86. The number of carbonyl (C=O) groups excluding carboxylic acids is 2. The summed E-state index contributed by atoms with van der Waals surface area (Å²) in [4.78, 5) is 22.1. The van der Waals surface area contributed by atoms with Crippen molar-refractivity contribution in [2.45, 2.75) is 89.0 Å². The van der Waals surface area contributed by atoms with E-state index in [1.165, 1.54) is 0 Å². The quantitative estimate of drug-likeness (QED) is 0.776. The SMILES string of the molecule is CC.CC.CC.CC(=O)C(C)(C)CC(C)(C)CC(N)=O. The number of hydrogen-bond acceptors (Lipinski definition) is 2. The topological polar surface area (TPSA) is 60.2 Å². The van der Waals surface area contributed by atoms with E-state index in [1.54, 1.807) is 6.92 Å². The van der Waals surface area contributed by atoms with E-state index in [0.717, 1.165) is 0 Å². The van der Waals surface area contributed by atoms with E-state index < -0.39 is 0 Å². The Bertz CT molecular complexity index is 243. The van der Waals surface area contributed by atoms with Crippen LogP contribution in [0.25, 0.3) is 0 Å². The van der Waals surface area contributed by atoms with Crippen LogP contribution < -0.4 is 5.73 Å². The van der Waals surface area contributed by atoms with Crippen LogP contribution in [0, 0.1) is 10.8 Å². The first kappa shape index (κ1) is 27.5. The average Bonchev–Trinajstić information content (AvgIpc) is 2.33. The highest BCUT2D eigenvalue weighted by molar-refractivity contribution is 5.81. The molecule has 0 radical (unpaired) electrons. The molecule has 2 N–H and O–H groups in total. The molecule has 1 amide bonds. The van der Waals surface area contributed by atoms with Crippen molar-refractivity contribution in [3.05, 3.63) is 0 Å². The molecule has 0 rings (SSSR count). The van der Waals surface area contributed by atoms with Crippen LogP contribution in [0.2, 0.25) is 0 Å². The predicted octanol–water partition coefficient (Wildman–Crippen LogP) is 4.97. The molecular formula is C17H39NO2. The van der Waals surface area contributed by atoms with Crippen molar-refractivity contribution < 1.29 is 9.59 Å². The van der Waals surface area contributed by atoms with Crippen molar-refractivity contribution in [2.75, 3.05) is 0 Å². The fourth-order valence-corrected chi connectivity index (χ4v) is 1.86. The maximum Gasteiger partial charge on any atom is 0.217 e. The Morgan fingerprint density at radius 1 is 0.850 bits per heavy atom. The summed E-state index contributed by atoms with van der Waals surface area (Å²) in [5.74, 6) is -0.163. The maximum absolute atomic E-state index is 11.3. The lowest BCUT2D eigenvalue weighted by Crippen LogP contribution is -2.32. The smallest absolute Gasteiger partial charge is 0.217 e. The normalized spacial score (nSPS) is 9.75. The Morgan fingerprint density at radius 3 is 1.35 bits per heavy atom. The van der Waals surface area contributed by atoms with Gasteiger partial charge in [-0.2, -0.15) is 0 Å². The standard InChI is InChI=1S/C11H21NO2.3C2H6/c1-8(13)11(4,5)7-10(2,3)6-9(12)14;3*1-2/h6-7H2,1-5H3,(H2,12,14);3*1-2H3. The molecule has 0 aromatic carbocycles. The summed E-state index contributed by atoms with van der Waals surface area (Å²) in [5, 5.41) is 0. The Morgan fingerprint density at radius 2 is 1.15 bits per heavy atom. The van der Waals surface area contributed by atoms with Crippen LogP contribution in [-0.4, -0.2) is 11.7 Å². The highest BCUT2D eigenvalue weighted by atomic mass is 16.1. The van der Waals surface area contributed by atoms with E-state index in [0.29, 0.717) is 12.8 Å². The molecule has 0 unspecified atom stereocenters. The zero-order valence-corrected chi connectivity index (χ0v) is 15.8. The van der Waals surface area contributed by atoms with E-state index in [2.05, 4.69) is 0 Å². The first-order valence-corrected chi connectivity index (χ1v) is 7.86. The van der Waals surface area contributed by atoms with Gasteiger partial charge in [-0.1, -0.05) is 69.2 Å². The molecule has 0 spiro atoms. The molecule has 0 bridgehead atoms. The summed E-state index contributed by atoms with van der Waals surface area (Å²) in [6, 6.07) is 0. The monoisotopic (exact) mass is 289 g/mol. The second-order valence-electron chi connectivity index (χ2n) is 5.42. The number of primary amides is 1. The van der Waals surface area contributed by atoms with Crippen molar-refractivity contribution in [2.24, 2.45) is 16.6 Å². The van der Waals surface area contributed by atoms with Crippen LogP contribution in [0.3, 0.4) is 0 Å². The van der Waals surface area contributed by atoms with Crippen molar-refractivity contribution in [3.63, 3.8) is 0 Å². The molecule has 0 fully saturated rings. The van der Waals surface area contributed by atoms with Gasteiger partial charge in [0.05, 0.1) is 0 Å². The Balaban J connectivity index is -0.000000187. The molecular weight excluding hydrogens is 250 g/mol. The maximum atomic E-state index is 11.3. The highest BCUT2D eigenvalue weighted by Gasteiger charge is 2.33. The van der Waals surface area contributed by atoms with Gasteiger partial charge in [0.1, 0.15) is 5.78 Å². The predicted molar refractivity (Wildman–Crippen MR) is 90.7 cm³/mol. The molecule has 0 atom stereocenters. The molecule has 0 aliphatic heterocycles. The molecule has 0 aromatic heterocycles. The first-order chi connectivity index (χ1) is 9.07. The van der Waals surface area contributed by atoms with Crippen LogP contribution in [-0.2, 0) is 9.59 Å². The molecule has 20 heavy (non-hydrogen) atoms. The molecule has 0 aliphatic carbocycles. The van der Waals surface area contributed by atoms with E-state index >= 15 is 0 Å². The molecule has 0 aromatic rings.